The number of carbonyl (C=O) groups is 1. The molecule has 0 aliphatic rings. The fraction of sp³-hybridized carbons (Fsp3) is 0.533. The van der Waals surface area contributed by atoms with Crippen LogP contribution in [0.1, 0.15) is 20.3 Å². The normalized spacial score (nSPS) is 10.4. The molecular formula is C15H25N3O2. The van der Waals surface area contributed by atoms with E-state index in [-0.39, 0.29) is 12.1 Å². The molecule has 0 aliphatic carbocycles. The first kappa shape index (κ1) is 16.3. The molecule has 5 nitrogen and oxygen atoms in total. The number of urea groups is 1. The van der Waals surface area contributed by atoms with Crippen molar-refractivity contribution in [3.05, 3.63) is 24.3 Å². The van der Waals surface area contributed by atoms with E-state index in [0.717, 1.165) is 17.8 Å². The van der Waals surface area contributed by atoms with Crippen molar-refractivity contribution in [1.29, 1.82) is 0 Å². The van der Waals surface area contributed by atoms with Crippen molar-refractivity contribution in [2.24, 2.45) is 0 Å². The van der Waals surface area contributed by atoms with Gasteiger partial charge in [-0.05, 0) is 44.5 Å². The lowest BCUT2D eigenvalue weighted by molar-refractivity contribution is 0.0775. The predicted molar refractivity (Wildman–Crippen MR) is 83.5 cm³/mol. The van der Waals surface area contributed by atoms with E-state index in [4.69, 9.17) is 4.74 Å². The second-order valence-electron chi connectivity index (χ2n) is 5.10. The van der Waals surface area contributed by atoms with Crippen LogP contribution in [0.25, 0.3) is 0 Å². The van der Waals surface area contributed by atoms with Gasteiger partial charge in [-0.1, -0.05) is 0 Å². The minimum atomic E-state index is -0.188. The van der Waals surface area contributed by atoms with Crippen molar-refractivity contribution < 1.29 is 9.53 Å². The van der Waals surface area contributed by atoms with Gasteiger partial charge in [-0.2, -0.15) is 0 Å². The molecule has 0 bridgehead atoms. The van der Waals surface area contributed by atoms with Crippen molar-refractivity contribution in [3.8, 4) is 0 Å². The summed E-state index contributed by atoms with van der Waals surface area (Å²) in [5.41, 5.74) is 1.88. The number of ether oxygens (including phenoxy) is 1. The highest BCUT2D eigenvalue weighted by molar-refractivity contribution is 5.89. The molecule has 0 atom stereocenters. The van der Waals surface area contributed by atoms with Gasteiger partial charge in [0.15, 0.2) is 0 Å². The van der Waals surface area contributed by atoms with Crippen molar-refractivity contribution in [2.75, 3.05) is 37.5 Å². The predicted octanol–water partition coefficient (Wildman–Crippen LogP) is 2.69. The van der Waals surface area contributed by atoms with E-state index in [1.165, 1.54) is 0 Å². The number of amides is 2. The van der Waals surface area contributed by atoms with Gasteiger partial charge in [-0.15, -0.1) is 0 Å². The van der Waals surface area contributed by atoms with Crippen LogP contribution >= 0.6 is 0 Å². The van der Waals surface area contributed by atoms with Gasteiger partial charge in [0, 0.05) is 38.6 Å². The van der Waals surface area contributed by atoms with E-state index in [0.29, 0.717) is 13.2 Å². The molecule has 2 N–H and O–H groups in total. The molecule has 1 aromatic carbocycles. The third-order valence-corrected chi connectivity index (χ3v) is 2.70. The highest BCUT2D eigenvalue weighted by Crippen LogP contribution is 2.15. The monoisotopic (exact) mass is 279 g/mol. The van der Waals surface area contributed by atoms with E-state index >= 15 is 0 Å². The van der Waals surface area contributed by atoms with E-state index in [2.05, 4.69) is 10.6 Å². The molecule has 0 saturated carbocycles. The molecule has 0 heterocycles. The number of nitrogens with zero attached hydrogens (tertiary/aromatic N) is 1. The molecule has 20 heavy (non-hydrogen) atoms. The van der Waals surface area contributed by atoms with Crippen LogP contribution in [0.4, 0.5) is 16.2 Å². The zero-order valence-corrected chi connectivity index (χ0v) is 12.8. The lowest BCUT2D eigenvalue weighted by Gasteiger charge is -2.13. The number of carbonyl (C=O) groups excluding carboxylic acids is 1. The largest absolute Gasteiger partial charge is 0.379 e. The van der Waals surface area contributed by atoms with Gasteiger partial charge in [0.05, 0.1) is 6.10 Å². The zero-order valence-electron chi connectivity index (χ0n) is 12.8. The molecule has 2 amide bonds. The van der Waals surface area contributed by atoms with Crippen molar-refractivity contribution in [1.82, 2.24) is 5.32 Å². The molecule has 5 heteroatoms. The summed E-state index contributed by atoms with van der Waals surface area (Å²) in [6.07, 6.45) is 1.05. The van der Waals surface area contributed by atoms with Crippen LogP contribution < -0.4 is 15.5 Å². The Kier molecular flexibility index (Phi) is 6.87. The lowest BCUT2D eigenvalue weighted by Crippen LogP contribution is -2.30. The Balaban J connectivity index is 2.25. The molecule has 0 aliphatic heterocycles. The topological polar surface area (TPSA) is 53.6 Å². The number of hydrogen-bond donors (Lipinski definition) is 2. The first-order chi connectivity index (χ1) is 9.49. The second kappa shape index (κ2) is 8.43. The molecule has 1 rings (SSSR count). The zero-order chi connectivity index (χ0) is 15.0. The summed E-state index contributed by atoms with van der Waals surface area (Å²) < 4.78 is 5.40. The minimum absolute atomic E-state index is 0.188. The van der Waals surface area contributed by atoms with Crippen LogP contribution in [0.15, 0.2) is 24.3 Å². The number of nitrogens with one attached hydrogen (secondary N) is 2. The summed E-state index contributed by atoms with van der Waals surface area (Å²) in [6.45, 7) is 5.26. The van der Waals surface area contributed by atoms with Gasteiger partial charge < -0.3 is 20.3 Å². The maximum Gasteiger partial charge on any atom is 0.319 e. The SMILES string of the molecule is CC(C)OCCCNC(=O)Nc1ccc(N(C)C)cc1. The van der Waals surface area contributed by atoms with Gasteiger partial charge >= 0.3 is 6.03 Å². The van der Waals surface area contributed by atoms with E-state index < -0.39 is 0 Å². The average Bonchev–Trinajstić information content (AvgIpc) is 2.38. The maximum absolute atomic E-state index is 11.7. The summed E-state index contributed by atoms with van der Waals surface area (Å²) >= 11 is 0. The Morgan fingerprint density at radius 1 is 1.25 bits per heavy atom. The van der Waals surface area contributed by atoms with Gasteiger partial charge in [-0.3, -0.25) is 0 Å². The fourth-order valence-electron chi connectivity index (χ4n) is 1.61. The first-order valence-corrected chi connectivity index (χ1v) is 6.93. The molecule has 0 unspecified atom stereocenters. The van der Waals surface area contributed by atoms with Gasteiger partial charge in [0.2, 0.25) is 0 Å². The maximum atomic E-state index is 11.7. The molecule has 0 aromatic heterocycles. The second-order valence-corrected chi connectivity index (χ2v) is 5.10. The van der Waals surface area contributed by atoms with Crippen molar-refractivity contribution in [3.63, 3.8) is 0 Å². The van der Waals surface area contributed by atoms with E-state index in [9.17, 15) is 4.79 Å². The Morgan fingerprint density at radius 3 is 2.45 bits per heavy atom. The van der Waals surface area contributed by atoms with Crippen LogP contribution in [0.3, 0.4) is 0 Å². The quantitative estimate of drug-likeness (QED) is 0.755. The smallest absolute Gasteiger partial charge is 0.319 e. The summed E-state index contributed by atoms with van der Waals surface area (Å²) in [5.74, 6) is 0. The van der Waals surface area contributed by atoms with Crippen LogP contribution in [0.2, 0.25) is 0 Å². The number of hydrogen-bond acceptors (Lipinski definition) is 3. The molecule has 1 aromatic rings. The van der Waals surface area contributed by atoms with Gasteiger partial charge in [-0.25, -0.2) is 4.79 Å². The Hall–Kier alpha value is -1.75. The Labute approximate surface area is 121 Å². The molecule has 0 spiro atoms. The third-order valence-electron chi connectivity index (χ3n) is 2.70. The van der Waals surface area contributed by atoms with Gasteiger partial charge in [0.1, 0.15) is 0 Å². The van der Waals surface area contributed by atoms with Gasteiger partial charge in [0.25, 0.3) is 0 Å². The molecule has 0 saturated heterocycles. The standard InChI is InChI=1S/C15H25N3O2/c1-12(2)20-11-5-10-16-15(19)17-13-6-8-14(9-7-13)18(3)4/h6-9,12H,5,10-11H2,1-4H3,(H2,16,17,19). The molecular weight excluding hydrogens is 254 g/mol. The van der Waals surface area contributed by atoms with Crippen LogP contribution in [0.5, 0.6) is 0 Å². The van der Waals surface area contributed by atoms with E-state index in [1.807, 2.05) is 57.1 Å². The highest BCUT2D eigenvalue weighted by atomic mass is 16.5. The highest BCUT2D eigenvalue weighted by Gasteiger charge is 2.02. The average molecular weight is 279 g/mol. The number of anilines is 2. The van der Waals surface area contributed by atoms with Crippen LogP contribution in [0, 0.1) is 0 Å². The summed E-state index contributed by atoms with van der Waals surface area (Å²) in [7, 11) is 3.96. The molecule has 112 valence electrons. The van der Waals surface area contributed by atoms with Crippen LogP contribution in [-0.4, -0.2) is 39.4 Å². The number of benzene rings is 1. The summed E-state index contributed by atoms with van der Waals surface area (Å²) in [6, 6.07) is 7.51. The summed E-state index contributed by atoms with van der Waals surface area (Å²) in [4.78, 5) is 13.7. The molecule has 0 fully saturated rings. The third kappa shape index (κ3) is 6.43. The van der Waals surface area contributed by atoms with E-state index in [1.54, 1.807) is 0 Å². The van der Waals surface area contributed by atoms with Crippen molar-refractivity contribution >= 4 is 17.4 Å². The number of rotatable bonds is 7. The Bertz CT molecular complexity index is 402. The first-order valence-electron chi connectivity index (χ1n) is 6.93. The fourth-order valence-corrected chi connectivity index (χ4v) is 1.61. The molecule has 0 radical (unpaired) electrons. The lowest BCUT2D eigenvalue weighted by atomic mass is 10.2. The van der Waals surface area contributed by atoms with Crippen LogP contribution in [-0.2, 0) is 4.74 Å². The Morgan fingerprint density at radius 2 is 1.90 bits per heavy atom. The van der Waals surface area contributed by atoms with Crippen molar-refractivity contribution in [2.45, 2.75) is 26.4 Å². The summed E-state index contributed by atoms with van der Waals surface area (Å²) in [5, 5.41) is 5.60. The minimum Gasteiger partial charge on any atom is -0.379 e.